The summed E-state index contributed by atoms with van der Waals surface area (Å²) in [5.41, 5.74) is 2.06. The van der Waals surface area contributed by atoms with Gasteiger partial charge in [0, 0.05) is 56.1 Å². The van der Waals surface area contributed by atoms with E-state index in [4.69, 9.17) is 11.6 Å². The SMILES string of the molecule is CC(=O)N1CCC(NC(=O)NCC(CCCN2CCC(O)(c3ccc(Cl)cc3)CC2)(c2ccccc2)c2ccccc2)CC1. The average molecular weight is 617 g/mol. The average Bonchev–Trinajstić information content (AvgIpc) is 3.05. The lowest BCUT2D eigenvalue weighted by molar-refractivity contribution is -0.129. The molecule has 3 N–H and O–H groups in total. The van der Waals surface area contributed by atoms with E-state index in [1.807, 2.05) is 41.3 Å². The molecule has 3 aromatic carbocycles. The van der Waals surface area contributed by atoms with Gasteiger partial charge in [-0.05, 0) is 73.9 Å². The zero-order valence-electron chi connectivity index (χ0n) is 25.7. The highest BCUT2D eigenvalue weighted by Crippen LogP contribution is 2.38. The van der Waals surface area contributed by atoms with E-state index in [9.17, 15) is 14.7 Å². The van der Waals surface area contributed by atoms with Gasteiger partial charge in [-0.3, -0.25) is 4.79 Å². The van der Waals surface area contributed by atoms with E-state index in [2.05, 4.69) is 64.1 Å². The van der Waals surface area contributed by atoms with Crippen LogP contribution in [-0.2, 0) is 15.8 Å². The molecule has 2 fully saturated rings. The number of aliphatic hydroxyl groups is 1. The summed E-state index contributed by atoms with van der Waals surface area (Å²) < 4.78 is 0. The van der Waals surface area contributed by atoms with Crippen LogP contribution in [0.5, 0.6) is 0 Å². The first-order valence-corrected chi connectivity index (χ1v) is 16.3. The molecule has 3 aromatic rings. The van der Waals surface area contributed by atoms with Crippen LogP contribution in [0.2, 0.25) is 5.02 Å². The van der Waals surface area contributed by atoms with E-state index in [0.717, 1.165) is 50.9 Å². The second-order valence-electron chi connectivity index (χ2n) is 12.4. The number of amides is 3. The molecule has 2 heterocycles. The van der Waals surface area contributed by atoms with Crippen LogP contribution < -0.4 is 10.6 Å². The molecule has 7 nitrogen and oxygen atoms in total. The highest BCUT2D eigenvalue weighted by molar-refractivity contribution is 6.30. The summed E-state index contributed by atoms with van der Waals surface area (Å²) in [4.78, 5) is 29.2. The summed E-state index contributed by atoms with van der Waals surface area (Å²) in [7, 11) is 0. The summed E-state index contributed by atoms with van der Waals surface area (Å²) in [6, 6.07) is 28.4. The number of hydrogen-bond acceptors (Lipinski definition) is 4. The smallest absolute Gasteiger partial charge is 0.315 e. The van der Waals surface area contributed by atoms with Crippen molar-refractivity contribution >= 4 is 23.5 Å². The van der Waals surface area contributed by atoms with E-state index in [-0.39, 0.29) is 18.0 Å². The van der Waals surface area contributed by atoms with E-state index < -0.39 is 11.0 Å². The fraction of sp³-hybridized carbons (Fsp3) is 0.444. The summed E-state index contributed by atoms with van der Waals surface area (Å²) in [6.45, 7) is 5.98. The van der Waals surface area contributed by atoms with Crippen LogP contribution in [-0.4, -0.2) is 72.2 Å². The highest BCUT2D eigenvalue weighted by Gasteiger charge is 2.37. The number of hydrogen-bond donors (Lipinski definition) is 3. The first kappa shape index (κ1) is 32.0. The summed E-state index contributed by atoms with van der Waals surface area (Å²) in [5.74, 6) is 0.0881. The molecule has 0 aromatic heterocycles. The second-order valence-corrected chi connectivity index (χ2v) is 12.8. The Morgan fingerprint density at radius 3 is 2.00 bits per heavy atom. The Morgan fingerprint density at radius 2 is 1.45 bits per heavy atom. The molecule has 0 spiro atoms. The third-order valence-corrected chi connectivity index (χ3v) is 9.87. The third kappa shape index (κ3) is 7.81. The van der Waals surface area contributed by atoms with Crippen LogP contribution in [0, 0.1) is 0 Å². The van der Waals surface area contributed by atoms with Crippen LogP contribution in [0.3, 0.4) is 0 Å². The van der Waals surface area contributed by atoms with Crippen molar-refractivity contribution in [1.82, 2.24) is 20.4 Å². The van der Waals surface area contributed by atoms with Gasteiger partial charge >= 0.3 is 6.03 Å². The Hall–Kier alpha value is -3.39. The number of likely N-dealkylation sites (tertiary alicyclic amines) is 2. The third-order valence-electron chi connectivity index (χ3n) is 9.62. The fourth-order valence-electron chi connectivity index (χ4n) is 6.87. The predicted molar refractivity (Wildman–Crippen MR) is 176 cm³/mol. The molecule has 5 rings (SSSR count). The molecule has 8 heteroatoms. The molecule has 0 unspecified atom stereocenters. The van der Waals surface area contributed by atoms with Gasteiger partial charge in [0.2, 0.25) is 5.91 Å². The normalized spacial score (nSPS) is 17.7. The molecule has 0 atom stereocenters. The largest absolute Gasteiger partial charge is 0.385 e. The molecule has 44 heavy (non-hydrogen) atoms. The number of rotatable bonds is 10. The minimum Gasteiger partial charge on any atom is -0.385 e. The van der Waals surface area contributed by atoms with Gasteiger partial charge in [-0.15, -0.1) is 0 Å². The Morgan fingerprint density at radius 1 is 0.886 bits per heavy atom. The van der Waals surface area contributed by atoms with Crippen molar-refractivity contribution < 1.29 is 14.7 Å². The molecule has 2 aliphatic rings. The Balaban J connectivity index is 1.25. The van der Waals surface area contributed by atoms with Gasteiger partial charge in [0.15, 0.2) is 0 Å². The van der Waals surface area contributed by atoms with Crippen molar-refractivity contribution in [3.05, 3.63) is 107 Å². The molecule has 3 amide bonds. The Bertz CT molecular complexity index is 1310. The second kappa shape index (κ2) is 14.6. The number of piperidine rings is 2. The maximum Gasteiger partial charge on any atom is 0.315 e. The van der Waals surface area contributed by atoms with Gasteiger partial charge in [-0.1, -0.05) is 84.4 Å². The van der Waals surface area contributed by atoms with Crippen molar-refractivity contribution in [2.45, 2.75) is 62.5 Å². The topological polar surface area (TPSA) is 84.9 Å². The van der Waals surface area contributed by atoms with Crippen LogP contribution >= 0.6 is 11.6 Å². The fourth-order valence-corrected chi connectivity index (χ4v) is 6.99. The zero-order chi connectivity index (χ0) is 31.0. The molecular weight excluding hydrogens is 572 g/mol. The standard InChI is InChI=1S/C36H45ClN4O3/c1-28(42)41-23-17-33(18-24-41)39-34(43)38-27-35(29-9-4-2-5-10-29,30-11-6-3-7-12-30)19-8-22-40-25-20-36(44,21-26-40)31-13-15-32(37)16-14-31/h2-7,9-16,33,44H,8,17-27H2,1H3,(H2,38,39,43). The summed E-state index contributed by atoms with van der Waals surface area (Å²) in [6.07, 6.45) is 4.69. The molecule has 0 aliphatic carbocycles. The first-order valence-electron chi connectivity index (χ1n) is 15.9. The molecule has 0 radical (unpaired) electrons. The number of carbonyl (C=O) groups excluding carboxylic acids is 2. The molecule has 2 saturated heterocycles. The van der Waals surface area contributed by atoms with Gasteiger partial charge in [0.05, 0.1) is 5.60 Å². The van der Waals surface area contributed by atoms with Crippen LogP contribution in [0.15, 0.2) is 84.9 Å². The molecule has 0 bridgehead atoms. The summed E-state index contributed by atoms with van der Waals surface area (Å²) >= 11 is 6.07. The van der Waals surface area contributed by atoms with Gasteiger partial charge in [-0.2, -0.15) is 0 Å². The van der Waals surface area contributed by atoms with Crippen molar-refractivity contribution in [3.63, 3.8) is 0 Å². The molecule has 0 saturated carbocycles. The predicted octanol–water partition coefficient (Wildman–Crippen LogP) is 5.70. The lowest BCUT2D eigenvalue weighted by atomic mass is 9.71. The van der Waals surface area contributed by atoms with Gasteiger partial charge in [-0.25, -0.2) is 4.79 Å². The van der Waals surface area contributed by atoms with Crippen molar-refractivity contribution in [1.29, 1.82) is 0 Å². The van der Waals surface area contributed by atoms with Gasteiger partial charge < -0.3 is 25.5 Å². The Kier molecular flexibility index (Phi) is 10.6. The van der Waals surface area contributed by atoms with Crippen molar-refractivity contribution in [2.24, 2.45) is 0 Å². The number of urea groups is 1. The van der Waals surface area contributed by atoms with Crippen LogP contribution in [0.4, 0.5) is 4.79 Å². The van der Waals surface area contributed by atoms with Crippen LogP contribution in [0.25, 0.3) is 0 Å². The molecule has 2 aliphatic heterocycles. The van der Waals surface area contributed by atoms with Gasteiger partial charge in [0.1, 0.15) is 0 Å². The number of carbonyl (C=O) groups is 2. The molecule has 234 valence electrons. The maximum atomic E-state index is 13.2. The maximum absolute atomic E-state index is 13.2. The minimum atomic E-state index is -0.821. The van der Waals surface area contributed by atoms with Crippen molar-refractivity contribution in [2.75, 3.05) is 39.3 Å². The Labute approximate surface area is 266 Å². The summed E-state index contributed by atoms with van der Waals surface area (Å²) in [5, 5.41) is 18.4. The van der Waals surface area contributed by atoms with E-state index in [1.54, 1.807) is 6.92 Å². The number of halogens is 1. The van der Waals surface area contributed by atoms with E-state index in [0.29, 0.717) is 37.5 Å². The first-order chi connectivity index (χ1) is 21.3. The van der Waals surface area contributed by atoms with Crippen LogP contribution in [0.1, 0.15) is 62.1 Å². The number of benzene rings is 3. The van der Waals surface area contributed by atoms with E-state index >= 15 is 0 Å². The quantitative estimate of drug-likeness (QED) is 0.273. The number of nitrogens with one attached hydrogen (secondary N) is 2. The monoisotopic (exact) mass is 616 g/mol. The zero-order valence-corrected chi connectivity index (χ0v) is 26.4. The van der Waals surface area contributed by atoms with Crippen molar-refractivity contribution in [3.8, 4) is 0 Å². The van der Waals surface area contributed by atoms with Gasteiger partial charge in [0.25, 0.3) is 0 Å². The minimum absolute atomic E-state index is 0.0547. The highest BCUT2D eigenvalue weighted by atomic mass is 35.5. The lowest BCUT2D eigenvalue weighted by Gasteiger charge is -2.40. The van der Waals surface area contributed by atoms with E-state index in [1.165, 1.54) is 11.1 Å². The lowest BCUT2D eigenvalue weighted by Crippen LogP contribution is -2.51. The molecular formula is C36H45ClN4O3. The number of nitrogens with zero attached hydrogens (tertiary/aromatic N) is 2.